The molecule has 3 rings (SSSR count). The second kappa shape index (κ2) is 4.09. The molecule has 0 aliphatic carbocycles. The SMILES string of the molecule is CCc1nnc2sc(-c3cccc(Cl)c3)nn12. The molecule has 0 saturated heterocycles. The summed E-state index contributed by atoms with van der Waals surface area (Å²) in [6.07, 6.45) is 0.819. The van der Waals surface area contributed by atoms with Gasteiger partial charge in [-0.3, -0.25) is 0 Å². The van der Waals surface area contributed by atoms with Crippen molar-refractivity contribution in [3.8, 4) is 10.6 Å². The summed E-state index contributed by atoms with van der Waals surface area (Å²) >= 11 is 7.48. The van der Waals surface area contributed by atoms with Crippen LogP contribution in [0.2, 0.25) is 5.02 Å². The normalized spacial score (nSPS) is 11.2. The summed E-state index contributed by atoms with van der Waals surface area (Å²) in [6, 6.07) is 7.66. The van der Waals surface area contributed by atoms with Gasteiger partial charge in [0.1, 0.15) is 5.01 Å². The lowest BCUT2D eigenvalue weighted by atomic mass is 10.2. The number of halogens is 1. The first kappa shape index (κ1) is 10.7. The molecule has 2 aromatic heterocycles. The molecule has 0 saturated carbocycles. The van der Waals surface area contributed by atoms with Gasteiger partial charge in [-0.1, -0.05) is 42.0 Å². The summed E-state index contributed by atoms with van der Waals surface area (Å²) in [5.74, 6) is 0.879. The van der Waals surface area contributed by atoms with Gasteiger partial charge in [0.15, 0.2) is 5.82 Å². The summed E-state index contributed by atoms with van der Waals surface area (Å²) in [7, 11) is 0. The molecule has 2 heterocycles. The van der Waals surface area contributed by atoms with Gasteiger partial charge >= 0.3 is 0 Å². The van der Waals surface area contributed by atoms with Gasteiger partial charge in [0.05, 0.1) is 0 Å². The van der Waals surface area contributed by atoms with Crippen molar-refractivity contribution in [3.63, 3.8) is 0 Å². The van der Waals surface area contributed by atoms with E-state index in [1.54, 1.807) is 4.52 Å². The summed E-state index contributed by atoms with van der Waals surface area (Å²) in [5, 5.41) is 14.3. The summed E-state index contributed by atoms with van der Waals surface area (Å²) in [6.45, 7) is 2.04. The number of nitrogens with zero attached hydrogens (tertiary/aromatic N) is 4. The second-order valence-electron chi connectivity index (χ2n) is 3.58. The highest BCUT2D eigenvalue weighted by atomic mass is 35.5. The molecule has 0 unspecified atom stereocenters. The van der Waals surface area contributed by atoms with Crippen LogP contribution in [-0.2, 0) is 6.42 Å². The maximum Gasteiger partial charge on any atom is 0.234 e. The van der Waals surface area contributed by atoms with E-state index < -0.39 is 0 Å². The van der Waals surface area contributed by atoms with E-state index in [4.69, 9.17) is 11.6 Å². The number of hydrogen-bond donors (Lipinski definition) is 0. The van der Waals surface area contributed by atoms with E-state index >= 15 is 0 Å². The molecule has 0 N–H and O–H groups in total. The zero-order valence-corrected chi connectivity index (χ0v) is 10.7. The lowest BCUT2D eigenvalue weighted by Crippen LogP contribution is -1.93. The Morgan fingerprint density at radius 1 is 1.35 bits per heavy atom. The van der Waals surface area contributed by atoms with Gasteiger partial charge in [-0.05, 0) is 12.1 Å². The second-order valence-corrected chi connectivity index (χ2v) is 4.97. The average molecular weight is 265 g/mol. The molecule has 0 atom stereocenters. The van der Waals surface area contributed by atoms with Crippen LogP contribution in [-0.4, -0.2) is 19.8 Å². The first-order chi connectivity index (χ1) is 8.28. The van der Waals surface area contributed by atoms with Gasteiger partial charge in [0.2, 0.25) is 4.96 Å². The van der Waals surface area contributed by atoms with E-state index in [-0.39, 0.29) is 0 Å². The number of benzene rings is 1. The predicted molar refractivity (Wildman–Crippen MR) is 68.5 cm³/mol. The third-order valence-corrected chi connectivity index (χ3v) is 3.63. The van der Waals surface area contributed by atoms with Crippen LogP contribution < -0.4 is 0 Å². The number of aromatic nitrogens is 4. The van der Waals surface area contributed by atoms with Gasteiger partial charge in [0, 0.05) is 17.0 Å². The van der Waals surface area contributed by atoms with E-state index in [1.165, 1.54) is 11.3 Å². The highest BCUT2D eigenvalue weighted by Gasteiger charge is 2.11. The van der Waals surface area contributed by atoms with Gasteiger partial charge < -0.3 is 0 Å². The quantitative estimate of drug-likeness (QED) is 0.714. The van der Waals surface area contributed by atoms with Crippen molar-refractivity contribution < 1.29 is 0 Å². The molecule has 17 heavy (non-hydrogen) atoms. The predicted octanol–water partition coefficient (Wildman–Crippen LogP) is 3.07. The monoisotopic (exact) mass is 264 g/mol. The third kappa shape index (κ3) is 1.81. The van der Waals surface area contributed by atoms with Crippen molar-refractivity contribution in [2.24, 2.45) is 0 Å². The van der Waals surface area contributed by atoms with Gasteiger partial charge in [0.25, 0.3) is 0 Å². The molecule has 0 spiro atoms. The zero-order valence-electron chi connectivity index (χ0n) is 9.09. The summed E-state index contributed by atoms with van der Waals surface area (Å²) in [4.78, 5) is 0.817. The van der Waals surface area contributed by atoms with Crippen molar-refractivity contribution in [3.05, 3.63) is 35.1 Å². The van der Waals surface area contributed by atoms with Crippen LogP contribution in [0.1, 0.15) is 12.7 Å². The van der Waals surface area contributed by atoms with Crippen molar-refractivity contribution in [2.75, 3.05) is 0 Å². The first-order valence-corrected chi connectivity index (χ1v) is 6.44. The Balaban J connectivity index is 2.15. The molecule has 6 heteroatoms. The molecule has 0 aliphatic heterocycles. The fraction of sp³-hybridized carbons (Fsp3) is 0.182. The first-order valence-electron chi connectivity index (χ1n) is 5.25. The van der Waals surface area contributed by atoms with Gasteiger partial charge in [-0.15, -0.1) is 10.2 Å². The minimum Gasteiger partial charge on any atom is -0.187 e. The number of fused-ring (bicyclic) bond motifs is 1. The van der Waals surface area contributed by atoms with E-state index in [0.717, 1.165) is 27.8 Å². The minimum absolute atomic E-state index is 0.712. The Labute approximate surface area is 107 Å². The third-order valence-electron chi connectivity index (χ3n) is 2.44. The maximum absolute atomic E-state index is 5.97. The maximum atomic E-state index is 5.97. The van der Waals surface area contributed by atoms with E-state index in [9.17, 15) is 0 Å². The molecule has 1 aromatic carbocycles. The Kier molecular flexibility index (Phi) is 2.57. The minimum atomic E-state index is 0.712. The average Bonchev–Trinajstić information content (AvgIpc) is 2.87. The van der Waals surface area contributed by atoms with Crippen molar-refractivity contribution in [1.29, 1.82) is 0 Å². The zero-order chi connectivity index (χ0) is 11.8. The largest absolute Gasteiger partial charge is 0.234 e. The van der Waals surface area contributed by atoms with Crippen LogP contribution in [0.4, 0.5) is 0 Å². The van der Waals surface area contributed by atoms with Crippen molar-refractivity contribution in [1.82, 2.24) is 19.8 Å². The smallest absolute Gasteiger partial charge is 0.187 e. The molecule has 0 aliphatic rings. The molecule has 4 nitrogen and oxygen atoms in total. The topological polar surface area (TPSA) is 43.1 Å². The lowest BCUT2D eigenvalue weighted by molar-refractivity contribution is 0.838. The fourth-order valence-electron chi connectivity index (χ4n) is 1.62. The molecule has 0 bridgehead atoms. The standard InChI is InChI=1S/C11H9ClN4S/c1-2-9-13-14-11-16(9)15-10(17-11)7-4-3-5-8(12)6-7/h3-6H,2H2,1H3. The summed E-state index contributed by atoms with van der Waals surface area (Å²) < 4.78 is 1.79. The number of rotatable bonds is 2. The fourth-order valence-corrected chi connectivity index (χ4v) is 2.66. The number of hydrogen-bond acceptors (Lipinski definition) is 4. The van der Waals surface area contributed by atoms with Crippen LogP contribution in [0.3, 0.4) is 0 Å². The van der Waals surface area contributed by atoms with Gasteiger partial charge in [-0.2, -0.15) is 9.61 Å². The Morgan fingerprint density at radius 3 is 3.00 bits per heavy atom. The van der Waals surface area contributed by atoms with Crippen LogP contribution in [0.25, 0.3) is 15.5 Å². The Morgan fingerprint density at radius 2 is 2.24 bits per heavy atom. The van der Waals surface area contributed by atoms with E-state index in [0.29, 0.717) is 5.02 Å². The van der Waals surface area contributed by atoms with E-state index in [1.807, 2.05) is 31.2 Å². The molecule has 0 radical (unpaired) electrons. The number of aryl methyl sites for hydroxylation is 1. The molecule has 0 amide bonds. The van der Waals surface area contributed by atoms with E-state index in [2.05, 4.69) is 15.3 Å². The Hall–Kier alpha value is -1.46. The highest BCUT2D eigenvalue weighted by molar-refractivity contribution is 7.19. The molecular formula is C11H9ClN4S. The van der Waals surface area contributed by atoms with Gasteiger partial charge in [-0.25, -0.2) is 0 Å². The van der Waals surface area contributed by atoms with Crippen LogP contribution in [0, 0.1) is 0 Å². The van der Waals surface area contributed by atoms with Crippen LogP contribution >= 0.6 is 22.9 Å². The van der Waals surface area contributed by atoms with Crippen molar-refractivity contribution in [2.45, 2.75) is 13.3 Å². The van der Waals surface area contributed by atoms with Crippen LogP contribution in [0.15, 0.2) is 24.3 Å². The van der Waals surface area contributed by atoms with Crippen LogP contribution in [0.5, 0.6) is 0 Å². The highest BCUT2D eigenvalue weighted by Crippen LogP contribution is 2.27. The lowest BCUT2D eigenvalue weighted by Gasteiger charge is -1.95. The molecular weight excluding hydrogens is 256 g/mol. The molecule has 86 valence electrons. The molecule has 0 fully saturated rings. The summed E-state index contributed by atoms with van der Waals surface area (Å²) in [5.41, 5.74) is 1.01. The van der Waals surface area contributed by atoms with Crippen molar-refractivity contribution >= 4 is 27.9 Å². The Bertz CT molecular complexity index is 673. The molecule has 3 aromatic rings.